The Morgan fingerprint density at radius 3 is 1.95 bits per heavy atom. The van der Waals surface area contributed by atoms with E-state index in [9.17, 15) is 19.5 Å². The standard InChI is InChI=1S/C15H24O6/c1-5-20-12(17)15(13(18)21-6-2)8-7-14(4,19)11(9-15)10(3)16/h11,19H,5-9H2,1-4H3/t11-,14-/m0/s1. The van der Waals surface area contributed by atoms with Crippen molar-refractivity contribution in [1.82, 2.24) is 0 Å². The van der Waals surface area contributed by atoms with Gasteiger partial charge in [-0.1, -0.05) is 0 Å². The van der Waals surface area contributed by atoms with E-state index in [1.54, 1.807) is 20.8 Å². The molecule has 0 spiro atoms. The third kappa shape index (κ3) is 3.43. The second-order valence-corrected chi connectivity index (χ2v) is 5.75. The summed E-state index contributed by atoms with van der Waals surface area (Å²) in [6.45, 7) is 6.49. The Hall–Kier alpha value is -1.43. The topological polar surface area (TPSA) is 89.9 Å². The number of aliphatic hydroxyl groups is 1. The number of hydrogen-bond donors (Lipinski definition) is 1. The SMILES string of the molecule is CCOC(=O)C1(C(=O)OCC)CC[C@](C)(O)[C@H](C(C)=O)C1. The Morgan fingerprint density at radius 1 is 1.10 bits per heavy atom. The lowest BCUT2D eigenvalue weighted by Gasteiger charge is -2.43. The molecule has 0 radical (unpaired) electrons. The summed E-state index contributed by atoms with van der Waals surface area (Å²) in [5.74, 6) is -2.40. The minimum atomic E-state index is -1.50. The molecular weight excluding hydrogens is 276 g/mol. The van der Waals surface area contributed by atoms with Crippen molar-refractivity contribution in [3.8, 4) is 0 Å². The molecule has 21 heavy (non-hydrogen) atoms. The van der Waals surface area contributed by atoms with E-state index in [4.69, 9.17) is 9.47 Å². The van der Waals surface area contributed by atoms with Gasteiger partial charge in [-0.15, -0.1) is 0 Å². The molecule has 6 heteroatoms. The van der Waals surface area contributed by atoms with Crippen LogP contribution in [-0.4, -0.2) is 41.6 Å². The molecule has 1 aliphatic rings. The van der Waals surface area contributed by atoms with Gasteiger partial charge in [0.15, 0.2) is 5.41 Å². The predicted octanol–water partition coefficient (Wildman–Crippen LogP) is 1.24. The maximum atomic E-state index is 12.3. The van der Waals surface area contributed by atoms with E-state index in [1.807, 2.05) is 0 Å². The van der Waals surface area contributed by atoms with Crippen molar-refractivity contribution in [2.75, 3.05) is 13.2 Å². The van der Waals surface area contributed by atoms with Gasteiger partial charge in [-0.05, 0) is 47.0 Å². The number of hydrogen-bond acceptors (Lipinski definition) is 6. The molecule has 1 fully saturated rings. The van der Waals surface area contributed by atoms with Crippen LogP contribution in [0.3, 0.4) is 0 Å². The maximum absolute atomic E-state index is 12.3. The van der Waals surface area contributed by atoms with Crippen LogP contribution in [0.5, 0.6) is 0 Å². The van der Waals surface area contributed by atoms with Crippen LogP contribution in [0.1, 0.15) is 47.0 Å². The van der Waals surface area contributed by atoms with Gasteiger partial charge in [0.2, 0.25) is 0 Å². The van der Waals surface area contributed by atoms with Crippen molar-refractivity contribution in [1.29, 1.82) is 0 Å². The Bertz CT molecular complexity index is 408. The minimum Gasteiger partial charge on any atom is -0.465 e. The fourth-order valence-electron chi connectivity index (χ4n) is 2.89. The number of carbonyl (C=O) groups excluding carboxylic acids is 3. The molecule has 2 atom stereocenters. The Morgan fingerprint density at radius 2 is 1.57 bits per heavy atom. The zero-order valence-electron chi connectivity index (χ0n) is 13.1. The first-order chi connectivity index (χ1) is 9.71. The van der Waals surface area contributed by atoms with E-state index in [2.05, 4.69) is 0 Å². The highest BCUT2D eigenvalue weighted by atomic mass is 16.6. The highest BCUT2D eigenvalue weighted by Crippen LogP contribution is 2.46. The summed E-state index contributed by atoms with van der Waals surface area (Å²) < 4.78 is 10.0. The van der Waals surface area contributed by atoms with Gasteiger partial charge in [0.05, 0.1) is 18.8 Å². The van der Waals surface area contributed by atoms with Crippen LogP contribution in [0.2, 0.25) is 0 Å². The Balaban J connectivity index is 3.17. The molecule has 1 rings (SSSR count). The Kier molecular flexibility index (Phi) is 5.50. The van der Waals surface area contributed by atoms with Gasteiger partial charge in [0.1, 0.15) is 5.78 Å². The normalized spacial score (nSPS) is 27.8. The fraction of sp³-hybridized carbons (Fsp3) is 0.800. The zero-order chi connectivity index (χ0) is 16.3. The lowest BCUT2D eigenvalue weighted by molar-refractivity contribution is -0.182. The quantitative estimate of drug-likeness (QED) is 0.607. The van der Waals surface area contributed by atoms with Crippen LogP contribution in [0.25, 0.3) is 0 Å². The number of ether oxygens (including phenoxy) is 2. The van der Waals surface area contributed by atoms with Crippen LogP contribution in [0.4, 0.5) is 0 Å². The summed E-state index contributed by atoms with van der Waals surface area (Å²) in [7, 11) is 0. The van der Waals surface area contributed by atoms with Crippen LogP contribution in [-0.2, 0) is 23.9 Å². The van der Waals surface area contributed by atoms with Crippen molar-refractivity contribution in [3.63, 3.8) is 0 Å². The third-order valence-electron chi connectivity index (χ3n) is 4.18. The summed E-state index contributed by atoms with van der Waals surface area (Å²) in [4.78, 5) is 36.4. The number of esters is 2. The van der Waals surface area contributed by atoms with E-state index in [-0.39, 0.29) is 38.3 Å². The largest absolute Gasteiger partial charge is 0.465 e. The predicted molar refractivity (Wildman–Crippen MR) is 74.3 cm³/mol. The second kappa shape index (κ2) is 6.56. The zero-order valence-corrected chi connectivity index (χ0v) is 13.1. The van der Waals surface area contributed by atoms with Crippen molar-refractivity contribution in [2.24, 2.45) is 11.3 Å². The lowest BCUT2D eigenvalue weighted by atomic mass is 9.62. The summed E-state index contributed by atoms with van der Waals surface area (Å²) in [6, 6.07) is 0. The summed E-state index contributed by atoms with van der Waals surface area (Å²) in [5.41, 5.74) is -2.72. The number of carbonyl (C=O) groups is 3. The van der Waals surface area contributed by atoms with Gasteiger partial charge in [0.25, 0.3) is 0 Å². The lowest BCUT2D eigenvalue weighted by Crippen LogP contribution is -2.54. The van der Waals surface area contributed by atoms with E-state index in [0.717, 1.165) is 0 Å². The molecule has 0 unspecified atom stereocenters. The van der Waals surface area contributed by atoms with Crippen LogP contribution in [0, 0.1) is 11.3 Å². The molecule has 1 N–H and O–H groups in total. The molecule has 0 bridgehead atoms. The molecule has 120 valence electrons. The van der Waals surface area contributed by atoms with Crippen LogP contribution in [0.15, 0.2) is 0 Å². The van der Waals surface area contributed by atoms with E-state index in [0.29, 0.717) is 0 Å². The van der Waals surface area contributed by atoms with Crippen molar-refractivity contribution >= 4 is 17.7 Å². The minimum absolute atomic E-state index is 0.0764. The molecule has 0 amide bonds. The third-order valence-corrected chi connectivity index (χ3v) is 4.18. The summed E-state index contributed by atoms with van der Waals surface area (Å²) >= 11 is 0. The van der Waals surface area contributed by atoms with Crippen LogP contribution < -0.4 is 0 Å². The molecule has 1 aliphatic carbocycles. The molecule has 0 aromatic carbocycles. The van der Waals surface area contributed by atoms with Gasteiger partial charge < -0.3 is 14.6 Å². The van der Waals surface area contributed by atoms with Crippen LogP contribution >= 0.6 is 0 Å². The smallest absolute Gasteiger partial charge is 0.323 e. The average molecular weight is 300 g/mol. The average Bonchev–Trinajstić information content (AvgIpc) is 2.38. The van der Waals surface area contributed by atoms with Crippen molar-refractivity contribution in [2.45, 2.75) is 52.6 Å². The van der Waals surface area contributed by atoms with E-state index in [1.165, 1.54) is 6.92 Å². The highest BCUT2D eigenvalue weighted by Gasteiger charge is 2.57. The molecular formula is C15H24O6. The van der Waals surface area contributed by atoms with Crippen molar-refractivity contribution in [3.05, 3.63) is 0 Å². The summed E-state index contributed by atoms with van der Waals surface area (Å²) in [5, 5.41) is 10.3. The monoisotopic (exact) mass is 300 g/mol. The number of Topliss-reactive ketones (excluding diaryl/α,β-unsaturated/α-hetero) is 1. The van der Waals surface area contributed by atoms with Gasteiger partial charge >= 0.3 is 11.9 Å². The molecule has 6 nitrogen and oxygen atoms in total. The first kappa shape index (κ1) is 17.6. The van der Waals surface area contributed by atoms with E-state index < -0.39 is 28.9 Å². The Labute approximate surface area is 124 Å². The number of rotatable bonds is 5. The highest BCUT2D eigenvalue weighted by molar-refractivity contribution is 6.01. The molecule has 0 heterocycles. The van der Waals surface area contributed by atoms with Gasteiger partial charge in [-0.2, -0.15) is 0 Å². The van der Waals surface area contributed by atoms with Gasteiger partial charge in [-0.25, -0.2) is 0 Å². The molecule has 0 aromatic rings. The molecule has 0 saturated heterocycles. The first-order valence-electron chi connectivity index (χ1n) is 7.28. The second-order valence-electron chi connectivity index (χ2n) is 5.75. The molecule has 0 aromatic heterocycles. The fourth-order valence-corrected chi connectivity index (χ4v) is 2.89. The van der Waals surface area contributed by atoms with Gasteiger partial charge in [-0.3, -0.25) is 14.4 Å². The van der Waals surface area contributed by atoms with Crippen molar-refractivity contribution < 1.29 is 29.0 Å². The first-order valence-corrected chi connectivity index (χ1v) is 7.28. The number of ketones is 1. The van der Waals surface area contributed by atoms with E-state index >= 15 is 0 Å². The summed E-state index contributed by atoms with van der Waals surface area (Å²) in [6.07, 6.45) is 0.198. The molecule has 0 aliphatic heterocycles. The molecule has 1 saturated carbocycles. The van der Waals surface area contributed by atoms with Gasteiger partial charge in [0, 0.05) is 5.92 Å². The maximum Gasteiger partial charge on any atom is 0.323 e.